The van der Waals surface area contributed by atoms with Gasteiger partial charge in [-0.1, -0.05) is 30.3 Å². The topological polar surface area (TPSA) is 80.6 Å². The Kier molecular flexibility index (Phi) is 7.17. The normalized spacial score (nSPS) is 14.7. The number of benzene rings is 3. The van der Waals surface area contributed by atoms with Gasteiger partial charge in [0.2, 0.25) is 0 Å². The van der Waals surface area contributed by atoms with E-state index in [2.05, 4.69) is 34.1 Å². The van der Waals surface area contributed by atoms with Gasteiger partial charge in [-0.15, -0.1) is 0 Å². The molecule has 0 unspecified atom stereocenters. The van der Waals surface area contributed by atoms with Crippen molar-refractivity contribution in [3.63, 3.8) is 0 Å². The van der Waals surface area contributed by atoms with Crippen molar-refractivity contribution >= 4 is 22.8 Å². The van der Waals surface area contributed by atoms with Crippen LogP contribution >= 0.6 is 0 Å². The molecule has 2 atom stereocenters. The fourth-order valence-corrected chi connectivity index (χ4v) is 5.02. The molecule has 1 heterocycles. The molecule has 7 heteroatoms. The summed E-state index contributed by atoms with van der Waals surface area (Å²) >= 11 is 0. The summed E-state index contributed by atoms with van der Waals surface area (Å²) in [5.41, 5.74) is 6.85. The van der Waals surface area contributed by atoms with Crippen LogP contribution in [-0.2, 0) is 11.3 Å². The number of carbonyl (C=O) groups is 2. The van der Waals surface area contributed by atoms with Crippen molar-refractivity contribution in [1.29, 1.82) is 0 Å². The molecule has 0 radical (unpaired) electrons. The van der Waals surface area contributed by atoms with Crippen LogP contribution in [0.15, 0.2) is 60.7 Å². The molecule has 6 nitrogen and oxygen atoms in total. The summed E-state index contributed by atoms with van der Waals surface area (Å²) in [6.07, 6.45) is 1.31. The van der Waals surface area contributed by atoms with E-state index < -0.39 is 17.9 Å². The first kappa shape index (κ1) is 26.5. The molecule has 3 aromatic carbocycles. The van der Waals surface area contributed by atoms with Gasteiger partial charge in [0.05, 0.1) is 6.04 Å². The maximum Gasteiger partial charge on any atom is 0.344 e. The van der Waals surface area contributed by atoms with E-state index in [4.69, 9.17) is 9.84 Å². The minimum atomic E-state index is -1.17. The molecule has 1 aromatic heterocycles. The number of carboxylic acid groups (broad SMARTS) is 1. The van der Waals surface area contributed by atoms with Gasteiger partial charge in [0.25, 0.3) is 5.91 Å². The first-order valence-corrected chi connectivity index (χ1v) is 13.3. The highest BCUT2D eigenvalue weighted by molar-refractivity contribution is 5.99. The lowest BCUT2D eigenvalue weighted by molar-refractivity contribution is -0.144. The molecule has 0 aliphatic heterocycles. The van der Waals surface area contributed by atoms with Gasteiger partial charge in [-0.25, -0.2) is 9.18 Å². The Morgan fingerprint density at radius 2 is 1.85 bits per heavy atom. The number of nitrogens with zero attached hydrogens (tertiary/aromatic N) is 1. The number of aliphatic carboxylic acids is 1. The minimum absolute atomic E-state index is 0.0935. The molecule has 1 fully saturated rings. The third kappa shape index (κ3) is 5.53. The van der Waals surface area contributed by atoms with Crippen molar-refractivity contribution in [1.82, 2.24) is 9.88 Å². The van der Waals surface area contributed by atoms with Crippen molar-refractivity contribution < 1.29 is 23.8 Å². The molecule has 1 aliphatic carbocycles. The van der Waals surface area contributed by atoms with Crippen LogP contribution < -0.4 is 10.1 Å². The van der Waals surface area contributed by atoms with Gasteiger partial charge in [0, 0.05) is 28.7 Å². The number of nitrogens with one attached hydrogen (secondary N) is 1. The summed E-state index contributed by atoms with van der Waals surface area (Å²) in [6.45, 7) is 7.84. The van der Waals surface area contributed by atoms with Crippen LogP contribution in [-0.4, -0.2) is 27.7 Å². The van der Waals surface area contributed by atoms with Gasteiger partial charge >= 0.3 is 5.97 Å². The molecule has 202 valence electrons. The molecule has 5 rings (SSSR count). The highest BCUT2D eigenvalue weighted by atomic mass is 19.1. The number of carboxylic acids is 1. The molecule has 39 heavy (non-hydrogen) atoms. The number of aromatic nitrogens is 1. The zero-order valence-corrected chi connectivity index (χ0v) is 22.6. The maximum absolute atomic E-state index is 14.3. The van der Waals surface area contributed by atoms with Gasteiger partial charge in [0.1, 0.15) is 0 Å². The highest BCUT2D eigenvalue weighted by Gasteiger charge is 2.24. The van der Waals surface area contributed by atoms with E-state index >= 15 is 0 Å². The molecular weight excluding hydrogens is 495 g/mol. The van der Waals surface area contributed by atoms with Crippen molar-refractivity contribution in [2.75, 3.05) is 0 Å². The zero-order valence-electron chi connectivity index (χ0n) is 22.6. The summed E-state index contributed by atoms with van der Waals surface area (Å²) in [5, 5.41) is 13.2. The van der Waals surface area contributed by atoms with E-state index in [-0.39, 0.29) is 17.7 Å². The summed E-state index contributed by atoms with van der Waals surface area (Å²) in [6, 6.07) is 18.6. The third-order valence-electron chi connectivity index (χ3n) is 7.70. The third-order valence-corrected chi connectivity index (χ3v) is 7.70. The Morgan fingerprint density at radius 3 is 2.56 bits per heavy atom. The van der Waals surface area contributed by atoms with Crippen LogP contribution in [0.25, 0.3) is 10.9 Å². The molecular formula is C32H33FN2O4. The summed E-state index contributed by atoms with van der Waals surface area (Å²) in [5.74, 6) is -1.33. The Bertz CT molecular complexity index is 1570. The Balaban J connectivity index is 1.37. The number of halogens is 1. The average Bonchev–Trinajstić information content (AvgIpc) is 3.75. The number of fused-ring (bicyclic) bond motifs is 1. The van der Waals surface area contributed by atoms with Crippen LogP contribution in [0, 0.1) is 19.7 Å². The van der Waals surface area contributed by atoms with Crippen LogP contribution in [0.4, 0.5) is 4.39 Å². The van der Waals surface area contributed by atoms with Crippen molar-refractivity contribution in [2.45, 2.75) is 65.1 Å². The van der Waals surface area contributed by atoms with Gasteiger partial charge in [-0.05, 0) is 99.0 Å². The van der Waals surface area contributed by atoms with E-state index in [9.17, 15) is 14.0 Å². The van der Waals surface area contributed by atoms with Crippen LogP contribution in [0.2, 0.25) is 0 Å². The molecule has 4 aromatic rings. The number of carbonyl (C=O) groups excluding carboxylic acids is 1. The van der Waals surface area contributed by atoms with Gasteiger partial charge < -0.3 is 19.7 Å². The first-order valence-electron chi connectivity index (χ1n) is 13.3. The molecule has 0 bridgehead atoms. The molecule has 0 saturated heterocycles. The second kappa shape index (κ2) is 10.6. The monoisotopic (exact) mass is 528 g/mol. The number of ether oxygens (including phenoxy) is 1. The van der Waals surface area contributed by atoms with Gasteiger partial charge in [-0.2, -0.15) is 0 Å². The van der Waals surface area contributed by atoms with E-state index in [1.165, 1.54) is 37.5 Å². The second-order valence-corrected chi connectivity index (χ2v) is 10.5. The van der Waals surface area contributed by atoms with Gasteiger partial charge in [0.15, 0.2) is 17.7 Å². The molecule has 2 N–H and O–H groups in total. The molecule has 1 saturated carbocycles. The van der Waals surface area contributed by atoms with E-state index in [1.54, 1.807) is 6.07 Å². The smallest absolute Gasteiger partial charge is 0.344 e. The first-order chi connectivity index (χ1) is 18.6. The Morgan fingerprint density at radius 1 is 1.08 bits per heavy atom. The van der Waals surface area contributed by atoms with Gasteiger partial charge in [-0.3, -0.25) is 4.79 Å². The average molecular weight is 529 g/mol. The predicted octanol–water partition coefficient (Wildman–Crippen LogP) is 6.67. The Labute approximate surface area is 227 Å². The zero-order chi connectivity index (χ0) is 27.8. The fourth-order valence-electron chi connectivity index (χ4n) is 5.02. The number of rotatable bonds is 9. The van der Waals surface area contributed by atoms with E-state index in [0.717, 1.165) is 33.3 Å². The SMILES string of the molecule is Cc1c(C)n(Cc2ccc(F)c(O[C@@H](C)C(=O)O)c2)c2ccc(C(=O)N[C@@H](C)c3cccc(C4CC4)c3)cc12. The van der Waals surface area contributed by atoms with Crippen molar-refractivity contribution in [2.24, 2.45) is 0 Å². The molecule has 1 aliphatic rings. The van der Waals surface area contributed by atoms with Crippen LogP contribution in [0.5, 0.6) is 5.75 Å². The highest BCUT2D eigenvalue weighted by Crippen LogP contribution is 2.40. The lowest BCUT2D eigenvalue weighted by atomic mass is 10.0. The summed E-state index contributed by atoms with van der Waals surface area (Å²) < 4.78 is 21.7. The largest absolute Gasteiger partial charge is 0.479 e. The van der Waals surface area contributed by atoms with E-state index in [1.807, 2.05) is 39.0 Å². The predicted molar refractivity (Wildman–Crippen MR) is 149 cm³/mol. The van der Waals surface area contributed by atoms with Crippen molar-refractivity contribution in [3.05, 3.63) is 100.0 Å². The quantitative estimate of drug-likeness (QED) is 0.254. The minimum Gasteiger partial charge on any atom is -0.479 e. The Hall–Kier alpha value is -4.13. The number of hydrogen-bond donors (Lipinski definition) is 2. The number of amides is 1. The second-order valence-electron chi connectivity index (χ2n) is 10.5. The maximum atomic E-state index is 14.3. The van der Waals surface area contributed by atoms with Crippen LogP contribution in [0.3, 0.4) is 0 Å². The van der Waals surface area contributed by atoms with Crippen LogP contribution in [0.1, 0.15) is 77.0 Å². The molecule has 0 spiro atoms. The number of aryl methyl sites for hydroxylation is 1. The fraction of sp³-hybridized carbons (Fsp3) is 0.312. The lowest BCUT2D eigenvalue weighted by Crippen LogP contribution is -2.26. The lowest BCUT2D eigenvalue weighted by Gasteiger charge is -2.16. The van der Waals surface area contributed by atoms with Crippen molar-refractivity contribution in [3.8, 4) is 5.75 Å². The molecule has 1 amide bonds. The van der Waals surface area contributed by atoms with E-state index in [0.29, 0.717) is 18.0 Å². The number of hydrogen-bond acceptors (Lipinski definition) is 3. The summed E-state index contributed by atoms with van der Waals surface area (Å²) in [4.78, 5) is 24.3. The standard InChI is InChI=1S/C32H33FN2O4/c1-18-20(3)35(17-22-8-12-28(33)30(14-22)39-21(4)32(37)38)29-13-11-26(16-27(18)29)31(36)34-19(2)24-6-5-7-25(15-24)23-9-10-23/h5-8,11-16,19,21,23H,9-10,17H2,1-4H3,(H,34,36)(H,37,38)/t19-,21-/m0/s1. The summed E-state index contributed by atoms with van der Waals surface area (Å²) in [7, 11) is 0.